The lowest BCUT2D eigenvalue weighted by atomic mass is 9.89. The second-order valence-electron chi connectivity index (χ2n) is 5.88. The second-order valence-corrected chi connectivity index (χ2v) is 6.66. The minimum absolute atomic E-state index is 0.0578. The van der Waals surface area contributed by atoms with Crippen LogP contribution in [0.4, 0.5) is 0 Å². The minimum atomic E-state index is -0.177. The molecule has 0 unspecified atom stereocenters. The molecule has 1 aromatic carbocycles. The molecule has 0 bridgehead atoms. The van der Waals surface area contributed by atoms with Gasteiger partial charge < -0.3 is 9.64 Å². The van der Waals surface area contributed by atoms with Crippen molar-refractivity contribution < 1.29 is 9.53 Å². The first-order chi connectivity index (χ1) is 10.5. The molecule has 0 saturated carbocycles. The maximum absolute atomic E-state index is 12.2. The zero-order valence-corrected chi connectivity index (χ0v) is 13.7. The third-order valence-electron chi connectivity index (χ3n) is 4.62. The molecule has 2 fully saturated rings. The number of ether oxygens (including phenoxy) is 1. The highest BCUT2D eigenvalue weighted by molar-refractivity contribution is 6.42. The molecule has 3 rings (SSSR count). The number of nitrogens with zero attached hydrogens (tertiary/aromatic N) is 2. The monoisotopic (exact) mass is 338 g/mol. The van der Waals surface area contributed by atoms with Gasteiger partial charge in [0.2, 0.25) is 5.91 Å². The number of hydrogen-bond acceptors (Lipinski definition) is 3. The van der Waals surface area contributed by atoms with E-state index in [4.69, 9.17) is 33.2 Å². The Labute approximate surface area is 139 Å². The van der Waals surface area contributed by atoms with Gasteiger partial charge in [0.15, 0.2) is 0 Å². The van der Waals surface area contributed by atoms with Gasteiger partial charge in [0, 0.05) is 30.5 Å². The van der Waals surface area contributed by atoms with Crippen LogP contribution in [0.5, 0.6) is 5.75 Å². The van der Waals surface area contributed by atoms with Crippen molar-refractivity contribution in [2.24, 2.45) is 5.92 Å². The van der Waals surface area contributed by atoms with Crippen LogP contribution in [-0.2, 0) is 4.79 Å². The van der Waals surface area contributed by atoms with Gasteiger partial charge in [-0.2, -0.15) is 5.26 Å². The Hall–Kier alpha value is -1.44. The number of benzene rings is 1. The van der Waals surface area contributed by atoms with E-state index in [0.717, 1.165) is 18.4 Å². The van der Waals surface area contributed by atoms with Crippen LogP contribution < -0.4 is 4.74 Å². The molecular weight excluding hydrogens is 323 g/mol. The van der Waals surface area contributed by atoms with Gasteiger partial charge in [0.25, 0.3) is 0 Å². The summed E-state index contributed by atoms with van der Waals surface area (Å²) in [6, 6.07) is 5.85. The van der Waals surface area contributed by atoms with Crippen molar-refractivity contribution in [3.05, 3.63) is 27.7 Å². The first kappa shape index (κ1) is 15.5. The van der Waals surface area contributed by atoms with Crippen molar-refractivity contribution in [2.75, 3.05) is 13.7 Å². The highest BCUT2D eigenvalue weighted by Crippen LogP contribution is 2.45. The molecule has 2 saturated heterocycles. The summed E-state index contributed by atoms with van der Waals surface area (Å²) in [6.45, 7) is 0.609. The fourth-order valence-corrected chi connectivity index (χ4v) is 4.08. The molecule has 0 aliphatic carbocycles. The zero-order chi connectivity index (χ0) is 15.9. The first-order valence-electron chi connectivity index (χ1n) is 7.26. The molecule has 0 N–H and O–H groups in total. The third-order valence-corrected chi connectivity index (χ3v) is 5.43. The maximum Gasteiger partial charge on any atom is 0.224 e. The van der Waals surface area contributed by atoms with E-state index in [-0.39, 0.29) is 23.8 Å². The molecule has 2 aliphatic rings. The van der Waals surface area contributed by atoms with E-state index in [1.165, 1.54) is 0 Å². The normalized spacial score (nSPS) is 27.5. The number of carbonyl (C=O) groups excluding carboxylic acids is 1. The maximum atomic E-state index is 12.2. The first-order valence-corrected chi connectivity index (χ1v) is 8.01. The van der Waals surface area contributed by atoms with Crippen LogP contribution in [0, 0.1) is 17.2 Å². The van der Waals surface area contributed by atoms with Crippen LogP contribution >= 0.6 is 23.2 Å². The summed E-state index contributed by atoms with van der Waals surface area (Å²) in [4.78, 5) is 14.1. The Morgan fingerprint density at radius 2 is 2.14 bits per heavy atom. The Morgan fingerprint density at radius 3 is 2.82 bits per heavy atom. The van der Waals surface area contributed by atoms with Crippen molar-refractivity contribution in [2.45, 2.75) is 31.2 Å². The SMILES string of the molecule is COc1ccc(Cl)c(Cl)c1[C@H]1C[C@H]2C[C@H](C#N)CC(=O)N2C1. The van der Waals surface area contributed by atoms with Gasteiger partial charge in [-0.25, -0.2) is 0 Å². The number of nitriles is 1. The van der Waals surface area contributed by atoms with Gasteiger partial charge in [-0.3, -0.25) is 4.79 Å². The summed E-state index contributed by atoms with van der Waals surface area (Å²) in [6.07, 6.45) is 1.85. The van der Waals surface area contributed by atoms with Crippen LogP contribution in [0.1, 0.15) is 30.7 Å². The smallest absolute Gasteiger partial charge is 0.224 e. The molecule has 3 atom stereocenters. The van der Waals surface area contributed by atoms with Gasteiger partial charge >= 0.3 is 0 Å². The van der Waals surface area contributed by atoms with Crippen LogP contribution in [0.3, 0.4) is 0 Å². The third kappa shape index (κ3) is 2.53. The molecule has 116 valence electrons. The molecular formula is C16H16Cl2N2O2. The average Bonchev–Trinajstić information content (AvgIpc) is 2.93. The summed E-state index contributed by atoms with van der Waals surface area (Å²) < 4.78 is 5.42. The molecule has 0 spiro atoms. The number of carbonyl (C=O) groups is 1. The fraction of sp³-hybridized carbons (Fsp3) is 0.500. The minimum Gasteiger partial charge on any atom is -0.496 e. The molecule has 22 heavy (non-hydrogen) atoms. The predicted molar refractivity (Wildman–Crippen MR) is 84.2 cm³/mol. The molecule has 4 nitrogen and oxygen atoms in total. The van der Waals surface area contributed by atoms with Crippen LogP contribution in [0.2, 0.25) is 10.0 Å². The Bertz CT molecular complexity index is 656. The Balaban J connectivity index is 1.92. The predicted octanol–water partition coefficient (Wildman–Crippen LogP) is 3.62. The Morgan fingerprint density at radius 1 is 1.36 bits per heavy atom. The van der Waals surface area contributed by atoms with E-state index < -0.39 is 0 Å². The summed E-state index contributed by atoms with van der Waals surface area (Å²) in [5.74, 6) is 0.669. The van der Waals surface area contributed by atoms with E-state index in [2.05, 4.69) is 6.07 Å². The van der Waals surface area contributed by atoms with Gasteiger partial charge in [-0.15, -0.1) is 0 Å². The Kier molecular flexibility index (Phi) is 4.20. The van der Waals surface area contributed by atoms with E-state index in [0.29, 0.717) is 28.8 Å². The lowest BCUT2D eigenvalue weighted by molar-refractivity contribution is -0.135. The van der Waals surface area contributed by atoms with Crippen molar-refractivity contribution >= 4 is 29.1 Å². The van der Waals surface area contributed by atoms with E-state index in [1.807, 2.05) is 4.90 Å². The standard InChI is InChI=1S/C16H16Cl2N2O2/c1-22-13-3-2-12(17)16(18)15(13)10-6-11-4-9(7-19)5-14(21)20(11)8-10/h2-3,9-11H,4-6,8H2,1H3/t9-,10-,11+/m0/s1. The van der Waals surface area contributed by atoms with E-state index >= 15 is 0 Å². The number of methoxy groups -OCH3 is 1. The number of halogens is 2. The van der Waals surface area contributed by atoms with Gasteiger partial charge in [0.05, 0.1) is 29.1 Å². The van der Waals surface area contributed by atoms with E-state index in [1.54, 1.807) is 19.2 Å². The highest BCUT2D eigenvalue weighted by atomic mass is 35.5. The fourth-order valence-electron chi connectivity index (χ4n) is 3.60. The molecule has 1 aromatic rings. The van der Waals surface area contributed by atoms with Crippen molar-refractivity contribution in [3.63, 3.8) is 0 Å². The van der Waals surface area contributed by atoms with Gasteiger partial charge in [0.1, 0.15) is 5.75 Å². The van der Waals surface area contributed by atoms with Crippen LogP contribution in [0.15, 0.2) is 12.1 Å². The number of piperidine rings is 1. The molecule has 0 aromatic heterocycles. The molecule has 1 amide bonds. The van der Waals surface area contributed by atoms with Crippen molar-refractivity contribution in [3.8, 4) is 11.8 Å². The number of rotatable bonds is 2. The lowest BCUT2D eigenvalue weighted by Gasteiger charge is -2.31. The summed E-state index contributed by atoms with van der Waals surface area (Å²) in [7, 11) is 1.60. The average molecular weight is 339 g/mol. The topological polar surface area (TPSA) is 53.3 Å². The summed E-state index contributed by atoms with van der Waals surface area (Å²) in [5, 5.41) is 10.1. The van der Waals surface area contributed by atoms with Crippen molar-refractivity contribution in [1.29, 1.82) is 5.26 Å². The summed E-state index contributed by atoms with van der Waals surface area (Å²) >= 11 is 12.5. The molecule has 0 radical (unpaired) electrons. The highest BCUT2D eigenvalue weighted by Gasteiger charge is 2.42. The van der Waals surface area contributed by atoms with Gasteiger partial charge in [-0.05, 0) is 25.0 Å². The number of amides is 1. The largest absolute Gasteiger partial charge is 0.496 e. The number of fused-ring (bicyclic) bond motifs is 1. The summed E-state index contributed by atoms with van der Waals surface area (Å²) in [5.41, 5.74) is 0.868. The molecule has 6 heteroatoms. The van der Waals surface area contributed by atoms with Crippen LogP contribution in [-0.4, -0.2) is 30.5 Å². The zero-order valence-electron chi connectivity index (χ0n) is 12.2. The molecule has 2 heterocycles. The van der Waals surface area contributed by atoms with Crippen molar-refractivity contribution in [1.82, 2.24) is 4.90 Å². The van der Waals surface area contributed by atoms with Crippen LogP contribution in [0.25, 0.3) is 0 Å². The van der Waals surface area contributed by atoms with Gasteiger partial charge in [-0.1, -0.05) is 23.2 Å². The number of hydrogen-bond donors (Lipinski definition) is 0. The quantitative estimate of drug-likeness (QED) is 0.827. The second kappa shape index (κ2) is 5.98. The lowest BCUT2D eigenvalue weighted by Crippen LogP contribution is -2.42. The van der Waals surface area contributed by atoms with E-state index in [9.17, 15) is 4.79 Å². The molecule has 2 aliphatic heterocycles.